The summed E-state index contributed by atoms with van der Waals surface area (Å²) < 4.78 is 0. The number of rotatable bonds is 0. The van der Waals surface area contributed by atoms with Crippen molar-refractivity contribution in [3.05, 3.63) is 0 Å². The van der Waals surface area contributed by atoms with Crippen molar-refractivity contribution in [3.63, 3.8) is 0 Å². The summed E-state index contributed by atoms with van der Waals surface area (Å²) in [6.07, 6.45) is 1.44. The number of hydrogen-bond acceptors (Lipinski definition) is 1. The van der Waals surface area contributed by atoms with Crippen LogP contribution in [0.4, 0.5) is 0 Å². The van der Waals surface area contributed by atoms with E-state index in [2.05, 4.69) is 60.3 Å². The minimum absolute atomic E-state index is 0.346. The van der Waals surface area contributed by atoms with E-state index in [1.807, 2.05) is 0 Å². The third kappa shape index (κ3) is 1.95. The van der Waals surface area contributed by atoms with Gasteiger partial charge in [-0.25, -0.2) is 0 Å². The molecule has 0 aromatic heterocycles. The maximum Gasteiger partial charge on any atom is 0.0147 e. The molecule has 2 aliphatic heterocycles. The molecule has 2 saturated heterocycles. The second kappa shape index (κ2) is 3.73. The summed E-state index contributed by atoms with van der Waals surface area (Å²) in [5, 5.41) is 0. The minimum Gasteiger partial charge on any atom is -0.292 e. The Kier molecular flexibility index (Phi) is 2.94. The van der Waals surface area contributed by atoms with E-state index in [0.29, 0.717) is 11.0 Å². The Hall–Kier alpha value is -0.0400. The molecule has 4 atom stereocenters. The van der Waals surface area contributed by atoms with Crippen molar-refractivity contribution in [2.45, 2.75) is 79.4 Å². The van der Waals surface area contributed by atoms with Crippen LogP contribution in [0.1, 0.15) is 61.8 Å². The standard InChI is InChI=1S/C16H31N/c1-10-12-9-13(17(12)16(6,7)8)11(2)14(10)15(3,4)5/h10-14H,9H2,1-8H3. The molecule has 0 aromatic rings. The molecule has 2 heterocycles. The molecule has 1 nitrogen and oxygen atoms in total. The highest BCUT2D eigenvalue weighted by Crippen LogP contribution is 2.55. The fraction of sp³-hybridized carbons (Fsp3) is 1.00. The summed E-state index contributed by atoms with van der Waals surface area (Å²) in [6, 6.07) is 1.67. The Balaban J connectivity index is 2.24. The molecule has 17 heavy (non-hydrogen) atoms. The Labute approximate surface area is 108 Å². The lowest BCUT2D eigenvalue weighted by Gasteiger charge is -2.68. The third-order valence-electron chi connectivity index (χ3n) is 5.32. The van der Waals surface area contributed by atoms with Gasteiger partial charge in [-0.1, -0.05) is 34.6 Å². The largest absolute Gasteiger partial charge is 0.292 e. The van der Waals surface area contributed by atoms with Crippen molar-refractivity contribution in [2.24, 2.45) is 23.2 Å². The molecule has 3 aliphatic rings. The molecule has 3 fully saturated rings. The van der Waals surface area contributed by atoms with E-state index in [1.54, 1.807) is 0 Å². The van der Waals surface area contributed by atoms with Crippen molar-refractivity contribution in [1.82, 2.24) is 4.90 Å². The van der Waals surface area contributed by atoms with Crippen LogP contribution in [-0.2, 0) is 0 Å². The van der Waals surface area contributed by atoms with Crippen molar-refractivity contribution in [2.75, 3.05) is 0 Å². The van der Waals surface area contributed by atoms with Gasteiger partial charge < -0.3 is 0 Å². The van der Waals surface area contributed by atoms with Crippen LogP contribution >= 0.6 is 0 Å². The number of hydrogen-bond donors (Lipinski definition) is 0. The summed E-state index contributed by atoms with van der Waals surface area (Å²) in [5.41, 5.74) is 0.804. The van der Waals surface area contributed by atoms with Gasteiger partial charge >= 0.3 is 0 Å². The van der Waals surface area contributed by atoms with E-state index in [9.17, 15) is 0 Å². The predicted octanol–water partition coefficient (Wildman–Crippen LogP) is 4.18. The molecule has 1 heteroatoms. The zero-order valence-electron chi connectivity index (χ0n) is 13.0. The molecule has 0 spiro atoms. The summed E-state index contributed by atoms with van der Waals surface area (Å²) in [5.74, 6) is 2.56. The Morgan fingerprint density at radius 1 is 0.824 bits per heavy atom. The van der Waals surface area contributed by atoms with Gasteiger partial charge in [0, 0.05) is 17.6 Å². The molecule has 1 saturated carbocycles. The maximum atomic E-state index is 2.80. The van der Waals surface area contributed by atoms with Gasteiger partial charge in [-0.2, -0.15) is 0 Å². The van der Waals surface area contributed by atoms with Gasteiger partial charge in [-0.3, -0.25) is 4.90 Å². The molecule has 0 aromatic carbocycles. The van der Waals surface area contributed by atoms with E-state index in [1.165, 1.54) is 6.42 Å². The van der Waals surface area contributed by atoms with Gasteiger partial charge in [-0.15, -0.1) is 0 Å². The van der Waals surface area contributed by atoms with E-state index in [-0.39, 0.29) is 0 Å². The first-order chi connectivity index (χ1) is 7.55. The topological polar surface area (TPSA) is 3.24 Å². The molecular formula is C16H31N. The van der Waals surface area contributed by atoms with Crippen molar-refractivity contribution >= 4 is 0 Å². The molecule has 1 aliphatic carbocycles. The highest BCUT2D eigenvalue weighted by molar-refractivity contribution is 5.11. The van der Waals surface area contributed by atoms with Crippen LogP contribution in [0.3, 0.4) is 0 Å². The molecule has 0 amide bonds. The fourth-order valence-corrected chi connectivity index (χ4v) is 5.05. The second-order valence-corrected chi connectivity index (χ2v) is 8.56. The molecular weight excluding hydrogens is 206 g/mol. The van der Waals surface area contributed by atoms with Crippen LogP contribution in [0.2, 0.25) is 0 Å². The Morgan fingerprint density at radius 2 is 1.24 bits per heavy atom. The predicted molar refractivity (Wildman–Crippen MR) is 75.1 cm³/mol. The van der Waals surface area contributed by atoms with Gasteiger partial charge in [-0.05, 0) is 50.4 Å². The summed E-state index contributed by atoms with van der Waals surface area (Å²) in [6.45, 7) is 19.4. The fourth-order valence-electron chi connectivity index (χ4n) is 5.05. The molecule has 0 radical (unpaired) electrons. The molecule has 2 bridgehead atoms. The van der Waals surface area contributed by atoms with Gasteiger partial charge in [0.05, 0.1) is 0 Å². The van der Waals surface area contributed by atoms with Crippen molar-refractivity contribution < 1.29 is 0 Å². The third-order valence-corrected chi connectivity index (χ3v) is 5.32. The normalized spacial score (nSPS) is 43.4. The molecule has 0 N–H and O–H groups in total. The highest BCUT2D eigenvalue weighted by Gasteiger charge is 2.58. The van der Waals surface area contributed by atoms with E-state index < -0.39 is 0 Å². The van der Waals surface area contributed by atoms with Gasteiger partial charge in [0.15, 0.2) is 0 Å². The van der Waals surface area contributed by atoms with E-state index in [0.717, 1.165) is 29.8 Å². The average Bonchev–Trinajstić information content (AvgIpc) is 1.93. The average molecular weight is 237 g/mol. The first-order valence-corrected chi connectivity index (χ1v) is 7.33. The molecule has 4 unspecified atom stereocenters. The number of fused-ring (bicyclic) bond motifs is 2. The van der Waals surface area contributed by atoms with Gasteiger partial charge in [0.1, 0.15) is 0 Å². The van der Waals surface area contributed by atoms with Gasteiger partial charge in [0.2, 0.25) is 0 Å². The van der Waals surface area contributed by atoms with Crippen LogP contribution in [0.5, 0.6) is 0 Å². The first-order valence-electron chi connectivity index (χ1n) is 7.33. The van der Waals surface area contributed by atoms with Crippen LogP contribution in [0, 0.1) is 23.2 Å². The number of piperidine rings is 1. The minimum atomic E-state index is 0.346. The lowest BCUT2D eigenvalue weighted by Crippen LogP contribution is -2.73. The second-order valence-electron chi connectivity index (χ2n) is 8.56. The maximum absolute atomic E-state index is 2.80. The van der Waals surface area contributed by atoms with Crippen LogP contribution in [0.25, 0.3) is 0 Å². The number of nitrogens with zero attached hydrogens (tertiary/aromatic N) is 1. The van der Waals surface area contributed by atoms with E-state index >= 15 is 0 Å². The lowest BCUT2D eigenvalue weighted by atomic mass is 9.54. The molecule has 100 valence electrons. The zero-order valence-corrected chi connectivity index (χ0v) is 13.0. The van der Waals surface area contributed by atoms with Crippen LogP contribution < -0.4 is 0 Å². The van der Waals surface area contributed by atoms with Crippen LogP contribution in [0.15, 0.2) is 0 Å². The van der Waals surface area contributed by atoms with Crippen molar-refractivity contribution in [1.29, 1.82) is 0 Å². The van der Waals surface area contributed by atoms with Gasteiger partial charge in [0.25, 0.3) is 0 Å². The monoisotopic (exact) mass is 237 g/mol. The summed E-state index contributed by atoms with van der Waals surface area (Å²) >= 11 is 0. The van der Waals surface area contributed by atoms with Crippen LogP contribution in [-0.4, -0.2) is 22.5 Å². The first kappa shape index (κ1) is 13.4. The lowest BCUT2D eigenvalue weighted by molar-refractivity contribution is -0.186. The highest BCUT2D eigenvalue weighted by atomic mass is 15.3. The quantitative estimate of drug-likeness (QED) is 0.611. The SMILES string of the molecule is CC1C2CC(C(C)C1C(C)(C)C)N2C(C)(C)C. The summed E-state index contributed by atoms with van der Waals surface area (Å²) in [4.78, 5) is 2.80. The Morgan fingerprint density at radius 3 is 1.53 bits per heavy atom. The van der Waals surface area contributed by atoms with Crippen molar-refractivity contribution in [3.8, 4) is 0 Å². The molecule has 3 rings (SSSR count). The zero-order chi connectivity index (χ0) is 13.2. The Bertz CT molecular complexity index is 278. The smallest absolute Gasteiger partial charge is 0.0147 e. The summed E-state index contributed by atoms with van der Waals surface area (Å²) in [7, 11) is 0. The van der Waals surface area contributed by atoms with E-state index in [4.69, 9.17) is 0 Å².